The third kappa shape index (κ3) is 3.72. The number of rotatable bonds is 5. The molecule has 1 aromatic heterocycles. The van der Waals surface area contributed by atoms with E-state index >= 15 is 0 Å². The van der Waals surface area contributed by atoms with Crippen molar-refractivity contribution in [3.63, 3.8) is 0 Å². The second-order valence-corrected chi connectivity index (χ2v) is 8.01. The van der Waals surface area contributed by atoms with Crippen molar-refractivity contribution in [3.05, 3.63) is 90.0 Å². The second-order valence-electron chi connectivity index (χ2n) is 8.01. The Morgan fingerprint density at radius 3 is 2.03 bits per heavy atom. The molecule has 1 fully saturated rings. The molecule has 1 aliphatic rings. The lowest BCUT2D eigenvalue weighted by Gasteiger charge is -2.37. The lowest BCUT2D eigenvalue weighted by Crippen LogP contribution is -3.00. The van der Waals surface area contributed by atoms with Gasteiger partial charge in [-0.3, -0.25) is 4.79 Å². The van der Waals surface area contributed by atoms with E-state index in [0.717, 1.165) is 30.4 Å². The first-order valence-corrected chi connectivity index (χ1v) is 9.98. The van der Waals surface area contributed by atoms with Crippen molar-refractivity contribution in [2.45, 2.75) is 37.6 Å². The zero-order chi connectivity index (χ0) is 19.7. The molecule has 5 heteroatoms. The first kappa shape index (κ1) is 21.6. The molecule has 2 unspecified atom stereocenters. The fourth-order valence-corrected chi connectivity index (χ4v) is 4.98. The van der Waals surface area contributed by atoms with Crippen LogP contribution in [0.3, 0.4) is 0 Å². The normalized spacial score (nSPS) is 19.0. The Morgan fingerprint density at radius 2 is 1.59 bits per heavy atom. The number of hydrogen-bond donors (Lipinski definition) is 1. The van der Waals surface area contributed by atoms with Gasteiger partial charge in [0.25, 0.3) is 0 Å². The van der Waals surface area contributed by atoms with Crippen molar-refractivity contribution in [2.24, 2.45) is 18.7 Å². The molecule has 1 heterocycles. The van der Waals surface area contributed by atoms with Crippen LogP contribution < -0.4 is 34.3 Å². The molecule has 0 aliphatic heterocycles. The highest BCUT2D eigenvalue weighted by Gasteiger charge is 2.50. The number of carbonyl (C=O) groups excluding carboxylic acids is 1. The number of benzene rings is 2. The molecule has 1 amide bonds. The molecule has 29 heavy (non-hydrogen) atoms. The van der Waals surface area contributed by atoms with Crippen molar-refractivity contribution < 1.29 is 33.3 Å². The molecule has 1 aliphatic carbocycles. The standard InChI is InChI=1S/C24H27N3O.HI/c1-18-16-27(17-26(18)2)22-14-13-21(15-22)24(23(25)28,19-9-5-3-6-10-19)20-11-7-4-8-12-20;/h3-12,16-17,21-22H,13-15H2,1-2H3,(H-,25,28);1H. The average Bonchev–Trinajstić information content (AvgIpc) is 3.31. The molecule has 2 atom stereocenters. The number of primary amides is 1. The third-order valence-electron chi connectivity index (χ3n) is 6.48. The van der Waals surface area contributed by atoms with E-state index in [1.807, 2.05) is 60.7 Å². The molecule has 0 saturated heterocycles. The van der Waals surface area contributed by atoms with Crippen LogP contribution >= 0.6 is 0 Å². The van der Waals surface area contributed by atoms with Gasteiger partial charge in [-0.15, -0.1) is 0 Å². The molecule has 0 spiro atoms. The average molecular weight is 501 g/mol. The third-order valence-corrected chi connectivity index (χ3v) is 6.48. The SMILES string of the molecule is Cc1cn(C2CCC(C(C(N)=O)(c3ccccc3)c3ccccc3)C2)c[n+]1C.[I-]. The summed E-state index contributed by atoms with van der Waals surface area (Å²) in [7, 11) is 2.07. The smallest absolute Gasteiger partial charge is 0.243 e. The van der Waals surface area contributed by atoms with E-state index < -0.39 is 5.41 Å². The van der Waals surface area contributed by atoms with E-state index in [9.17, 15) is 4.79 Å². The fourth-order valence-electron chi connectivity index (χ4n) is 4.98. The predicted octanol–water partition coefficient (Wildman–Crippen LogP) is 0.438. The summed E-state index contributed by atoms with van der Waals surface area (Å²) in [6.07, 6.45) is 7.30. The van der Waals surface area contributed by atoms with E-state index in [1.165, 1.54) is 5.69 Å². The van der Waals surface area contributed by atoms with Crippen LogP contribution in [0.25, 0.3) is 0 Å². The van der Waals surface area contributed by atoms with Gasteiger partial charge in [-0.1, -0.05) is 60.7 Å². The first-order valence-electron chi connectivity index (χ1n) is 9.98. The molecule has 2 aromatic carbocycles. The first-order chi connectivity index (χ1) is 13.5. The van der Waals surface area contributed by atoms with Gasteiger partial charge in [0.15, 0.2) is 0 Å². The molecule has 3 aromatic rings. The summed E-state index contributed by atoms with van der Waals surface area (Å²) < 4.78 is 4.44. The van der Waals surface area contributed by atoms with Crippen LogP contribution in [0.2, 0.25) is 0 Å². The number of imidazole rings is 1. The molecular formula is C24H28IN3O. The van der Waals surface area contributed by atoms with Gasteiger partial charge in [0.1, 0.15) is 23.3 Å². The number of aryl methyl sites for hydroxylation is 2. The van der Waals surface area contributed by atoms with Crippen molar-refractivity contribution in [1.29, 1.82) is 0 Å². The van der Waals surface area contributed by atoms with Crippen molar-refractivity contribution in [3.8, 4) is 0 Å². The molecule has 2 N–H and O–H groups in total. The summed E-state index contributed by atoms with van der Waals surface area (Å²) in [5, 5.41) is 0. The molecule has 4 rings (SSSR count). The minimum Gasteiger partial charge on any atom is -1.00 e. The minimum atomic E-state index is -0.804. The van der Waals surface area contributed by atoms with Crippen LogP contribution in [0, 0.1) is 12.8 Å². The Balaban J connectivity index is 0.00000240. The van der Waals surface area contributed by atoms with Crippen LogP contribution in [0.5, 0.6) is 0 Å². The van der Waals surface area contributed by atoms with Crippen LogP contribution in [0.15, 0.2) is 73.2 Å². The number of nitrogens with two attached hydrogens (primary N) is 1. The summed E-state index contributed by atoms with van der Waals surface area (Å²) in [6.45, 7) is 2.12. The molecular weight excluding hydrogens is 473 g/mol. The summed E-state index contributed by atoms with van der Waals surface area (Å²) >= 11 is 0. The molecule has 152 valence electrons. The number of aromatic nitrogens is 2. The van der Waals surface area contributed by atoms with Crippen molar-refractivity contribution >= 4 is 5.91 Å². The molecule has 0 radical (unpaired) electrons. The topological polar surface area (TPSA) is 51.9 Å². The van der Waals surface area contributed by atoms with Gasteiger partial charge in [-0.2, -0.15) is 0 Å². The number of halogens is 1. The van der Waals surface area contributed by atoms with Gasteiger partial charge in [-0.05, 0) is 36.3 Å². The monoisotopic (exact) mass is 501 g/mol. The van der Waals surface area contributed by atoms with Gasteiger partial charge < -0.3 is 29.7 Å². The van der Waals surface area contributed by atoms with Gasteiger partial charge in [0.2, 0.25) is 12.2 Å². The highest BCUT2D eigenvalue weighted by molar-refractivity contribution is 5.91. The Kier molecular flexibility index (Phi) is 6.46. The molecule has 0 bridgehead atoms. The zero-order valence-corrected chi connectivity index (χ0v) is 19.1. The molecule has 1 saturated carbocycles. The predicted molar refractivity (Wildman–Crippen MR) is 110 cm³/mol. The van der Waals surface area contributed by atoms with E-state index in [1.54, 1.807) is 0 Å². The van der Waals surface area contributed by atoms with E-state index in [0.29, 0.717) is 6.04 Å². The van der Waals surface area contributed by atoms with Crippen LogP contribution in [0.1, 0.15) is 42.1 Å². The number of hydrogen-bond acceptors (Lipinski definition) is 1. The highest BCUT2D eigenvalue weighted by atomic mass is 127. The second kappa shape index (κ2) is 8.69. The highest BCUT2D eigenvalue weighted by Crippen LogP contribution is 2.49. The maximum Gasteiger partial charge on any atom is 0.243 e. The Hall–Kier alpha value is -2.15. The van der Waals surface area contributed by atoms with Gasteiger partial charge in [-0.25, -0.2) is 9.13 Å². The quantitative estimate of drug-likeness (QED) is 0.401. The Bertz CT molecular complexity index is 909. The minimum absolute atomic E-state index is 0. The lowest BCUT2D eigenvalue weighted by molar-refractivity contribution is -0.677. The fraction of sp³-hybridized carbons (Fsp3) is 0.333. The maximum absolute atomic E-state index is 13.1. The largest absolute Gasteiger partial charge is 1.00 e. The lowest BCUT2D eigenvalue weighted by atomic mass is 9.64. The summed E-state index contributed by atoms with van der Waals surface area (Å²) in [5.41, 5.74) is 8.59. The number of carbonyl (C=O) groups is 1. The Labute approximate surface area is 189 Å². The van der Waals surface area contributed by atoms with Crippen molar-refractivity contribution in [1.82, 2.24) is 4.57 Å². The molecule has 4 nitrogen and oxygen atoms in total. The van der Waals surface area contributed by atoms with Crippen LogP contribution in [-0.4, -0.2) is 10.5 Å². The summed E-state index contributed by atoms with van der Waals surface area (Å²) in [4.78, 5) is 13.1. The van der Waals surface area contributed by atoms with Crippen LogP contribution in [-0.2, 0) is 17.3 Å². The van der Waals surface area contributed by atoms with Crippen LogP contribution in [0.4, 0.5) is 0 Å². The maximum atomic E-state index is 13.1. The number of amides is 1. The summed E-state index contributed by atoms with van der Waals surface area (Å²) in [5.74, 6) is -0.0994. The van der Waals surface area contributed by atoms with Crippen molar-refractivity contribution in [2.75, 3.05) is 0 Å². The van der Waals surface area contributed by atoms with Gasteiger partial charge >= 0.3 is 0 Å². The zero-order valence-electron chi connectivity index (χ0n) is 17.0. The number of nitrogens with zero attached hydrogens (tertiary/aromatic N) is 2. The van der Waals surface area contributed by atoms with Gasteiger partial charge in [0.05, 0.1) is 7.05 Å². The Morgan fingerprint density at radius 1 is 1.03 bits per heavy atom. The van der Waals surface area contributed by atoms with E-state index in [4.69, 9.17) is 5.73 Å². The van der Waals surface area contributed by atoms with E-state index in [2.05, 4.69) is 35.6 Å². The van der Waals surface area contributed by atoms with E-state index in [-0.39, 0.29) is 35.8 Å². The van der Waals surface area contributed by atoms with Gasteiger partial charge in [0, 0.05) is 6.92 Å². The summed E-state index contributed by atoms with van der Waals surface area (Å²) in [6, 6.07) is 20.5.